The van der Waals surface area contributed by atoms with E-state index in [0.717, 1.165) is 11.8 Å². The van der Waals surface area contributed by atoms with Crippen molar-refractivity contribution in [3.8, 4) is 0 Å². The van der Waals surface area contributed by atoms with Crippen LogP contribution in [0.2, 0.25) is 0 Å². The van der Waals surface area contributed by atoms with E-state index in [1.54, 1.807) is 0 Å². The molecular formula is C14H24. The molecule has 0 aliphatic heterocycles. The molecule has 0 aromatic rings. The highest BCUT2D eigenvalue weighted by molar-refractivity contribution is 4.93. The molecule has 0 N–H and O–H groups in total. The Labute approximate surface area is 89.1 Å². The Balaban J connectivity index is 2.66. The summed E-state index contributed by atoms with van der Waals surface area (Å²) in [5, 5.41) is 0. The molecule has 3 atom stereocenters. The van der Waals surface area contributed by atoms with Crippen molar-refractivity contribution >= 4 is 0 Å². The third-order valence-electron chi connectivity index (χ3n) is 3.81. The van der Waals surface area contributed by atoms with Crippen molar-refractivity contribution in [3.05, 3.63) is 18.4 Å². The van der Waals surface area contributed by atoms with Crippen molar-refractivity contribution in [1.82, 2.24) is 0 Å². The molecule has 1 rings (SSSR count). The lowest BCUT2D eigenvalue weighted by molar-refractivity contribution is 0.126. The summed E-state index contributed by atoms with van der Waals surface area (Å²) in [7, 11) is 0. The lowest BCUT2D eigenvalue weighted by Crippen LogP contribution is -2.29. The van der Waals surface area contributed by atoms with Gasteiger partial charge in [-0.1, -0.05) is 34.3 Å². The predicted octanol–water partition coefficient (Wildman–Crippen LogP) is 4.43. The largest absolute Gasteiger partial charge is 0.133 e. The second-order valence-electron chi connectivity index (χ2n) is 5.89. The molecule has 14 heavy (non-hydrogen) atoms. The van der Waals surface area contributed by atoms with Crippen molar-refractivity contribution in [1.29, 1.82) is 0 Å². The number of rotatable bonds is 1. The monoisotopic (exact) mass is 192 g/mol. The van der Waals surface area contributed by atoms with Crippen molar-refractivity contribution < 1.29 is 0 Å². The average Bonchev–Trinajstić information content (AvgIpc) is 2.07. The van der Waals surface area contributed by atoms with Crippen LogP contribution in [0.25, 0.3) is 0 Å². The molecule has 0 radical (unpaired) electrons. The smallest absolute Gasteiger partial charge is 0.0129 e. The van der Waals surface area contributed by atoms with Gasteiger partial charge in [0.2, 0.25) is 0 Å². The van der Waals surface area contributed by atoms with Crippen LogP contribution in [-0.2, 0) is 0 Å². The summed E-state index contributed by atoms with van der Waals surface area (Å²) >= 11 is 0. The zero-order valence-electron chi connectivity index (χ0n) is 10.1. The maximum atomic E-state index is 3.70. The molecule has 1 aliphatic carbocycles. The van der Waals surface area contributed by atoms with Crippen molar-refractivity contribution in [2.75, 3.05) is 0 Å². The normalized spacial score (nSPS) is 33.6. The highest BCUT2D eigenvalue weighted by atomic mass is 14.4. The molecule has 0 aromatic carbocycles. The van der Waals surface area contributed by atoms with E-state index in [9.17, 15) is 0 Å². The standard InChI is InChI=1S/C14H24/c1-6-7-12-10-13(14(3,4)5)9-8-11(12)2/h7,11-13H,1,8-10H2,2-5H3. The summed E-state index contributed by atoms with van der Waals surface area (Å²) < 4.78 is 0. The molecule has 0 saturated heterocycles. The second kappa shape index (κ2) is 4.36. The van der Waals surface area contributed by atoms with Gasteiger partial charge >= 0.3 is 0 Å². The van der Waals surface area contributed by atoms with Gasteiger partial charge in [-0.2, -0.15) is 0 Å². The molecular weight excluding hydrogens is 168 g/mol. The minimum Gasteiger partial charge on any atom is -0.133 e. The highest BCUT2D eigenvalue weighted by Crippen LogP contribution is 2.42. The van der Waals surface area contributed by atoms with Gasteiger partial charge in [-0.15, -0.1) is 5.73 Å². The van der Waals surface area contributed by atoms with Crippen molar-refractivity contribution in [2.24, 2.45) is 23.2 Å². The van der Waals surface area contributed by atoms with Crippen LogP contribution in [0.4, 0.5) is 0 Å². The third-order valence-corrected chi connectivity index (χ3v) is 3.81. The Morgan fingerprint density at radius 1 is 1.29 bits per heavy atom. The maximum absolute atomic E-state index is 3.70. The fourth-order valence-electron chi connectivity index (χ4n) is 2.53. The summed E-state index contributed by atoms with van der Waals surface area (Å²) in [5.74, 6) is 2.40. The van der Waals surface area contributed by atoms with E-state index in [1.165, 1.54) is 19.3 Å². The number of hydrogen-bond acceptors (Lipinski definition) is 0. The number of hydrogen-bond donors (Lipinski definition) is 0. The SMILES string of the molecule is C=C=CC1CC(C(C)(C)C)CCC1C. The van der Waals surface area contributed by atoms with E-state index in [4.69, 9.17) is 0 Å². The summed E-state index contributed by atoms with van der Waals surface area (Å²) in [5.41, 5.74) is 3.43. The Morgan fingerprint density at radius 2 is 1.93 bits per heavy atom. The summed E-state index contributed by atoms with van der Waals surface area (Å²) in [6, 6.07) is 0. The van der Waals surface area contributed by atoms with Gasteiger partial charge in [0, 0.05) is 0 Å². The zero-order chi connectivity index (χ0) is 10.8. The first-order valence-electron chi connectivity index (χ1n) is 5.81. The minimum atomic E-state index is 0.466. The zero-order valence-corrected chi connectivity index (χ0v) is 10.1. The van der Waals surface area contributed by atoms with Gasteiger partial charge in [-0.3, -0.25) is 0 Å². The number of allylic oxidation sites excluding steroid dienone is 1. The van der Waals surface area contributed by atoms with E-state index in [0.29, 0.717) is 11.3 Å². The Bertz CT molecular complexity index is 225. The van der Waals surface area contributed by atoms with Gasteiger partial charge < -0.3 is 0 Å². The van der Waals surface area contributed by atoms with Gasteiger partial charge in [-0.05, 0) is 48.5 Å². The van der Waals surface area contributed by atoms with Crippen LogP contribution in [0, 0.1) is 23.2 Å². The van der Waals surface area contributed by atoms with Gasteiger partial charge in [0.25, 0.3) is 0 Å². The molecule has 3 unspecified atom stereocenters. The molecule has 0 amide bonds. The van der Waals surface area contributed by atoms with Crippen LogP contribution in [0.1, 0.15) is 47.0 Å². The molecule has 1 saturated carbocycles. The summed E-state index contributed by atoms with van der Waals surface area (Å²) in [6.07, 6.45) is 6.27. The molecule has 1 aliphatic rings. The van der Waals surface area contributed by atoms with Gasteiger partial charge in [-0.25, -0.2) is 0 Å². The Morgan fingerprint density at radius 3 is 2.43 bits per heavy atom. The van der Waals surface area contributed by atoms with Crippen LogP contribution >= 0.6 is 0 Å². The molecule has 0 heterocycles. The highest BCUT2D eigenvalue weighted by Gasteiger charge is 2.32. The lowest BCUT2D eigenvalue weighted by atomic mass is 9.66. The third kappa shape index (κ3) is 2.75. The fourth-order valence-corrected chi connectivity index (χ4v) is 2.53. The van der Waals surface area contributed by atoms with Crippen molar-refractivity contribution in [3.63, 3.8) is 0 Å². The van der Waals surface area contributed by atoms with E-state index in [-0.39, 0.29) is 0 Å². The topological polar surface area (TPSA) is 0 Å². The molecule has 0 heteroatoms. The van der Waals surface area contributed by atoms with E-state index in [2.05, 4.69) is 46.1 Å². The van der Waals surface area contributed by atoms with Gasteiger partial charge in [0.05, 0.1) is 0 Å². The van der Waals surface area contributed by atoms with E-state index >= 15 is 0 Å². The first kappa shape index (κ1) is 11.6. The fraction of sp³-hybridized carbons (Fsp3) is 0.786. The average molecular weight is 192 g/mol. The Kier molecular flexibility index (Phi) is 3.61. The van der Waals surface area contributed by atoms with Gasteiger partial charge in [0.15, 0.2) is 0 Å². The predicted molar refractivity (Wildman–Crippen MR) is 63.2 cm³/mol. The molecule has 0 bridgehead atoms. The van der Waals surface area contributed by atoms with E-state index < -0.39 is 0 Å². The molecule has 80 valence electrons. The minimum absolute atomic E-state index is 0.466. The second-order valence-corrected chi connectivity index (χ2v) is 5.89. The molecule has 1 fully saturated rings. The summed E-state index contributed by atoms with van der Waals surface area (Å²) in [4.78, 5) is 0. The molecule has 0 nitrogen and oxygen atoms in total. The van der Waals surface area contributed by atoms with Crippen molar-refractivity contribution in [2.45, 2.75) is 47.0 Å². The van der Waals surface area contributed by atoms with Gasteiger partial charge in [0.1, 0.15) is 0 Å². The van der Waals surface area contributed by atoms with Crippen LogP contribution in [0.3, 0.4) is 0 Å². The maximum Gasteiger partial charge on any atom is -0.0129 e. The van der Waals surface area contributed by atoms with Crippen LogP contribution in [-0.4, -0.2) is 0 Å². The quantitative estimate of drug-likeness (QED) is 0.539. The first-order valence-corrected chi connectivity index (χ1v) is 5.81. The van der Waals surface area contributed by atoms with Crippen LogP contribution in [0.15, 0.2) is 18.4 Å². The molecule has 0 spiro atoms. The Hall–Kier alpha value is -0.480. The van der Waals surface area contributed by atoms with Crippen LogP contribution < -0.4 is 0 Å². The first-order chi connectivity index (χ1) is 6.45. The van der Waals surface area contributed by atoms with E-state index in [1.807, 2.05) is 0 Å². The molecule has 0 aromatic heterocycles. The lowest BCUT2D eigenvalue weighted by Gasteiger charge is -2.39. The van der Waals surface area contributed by atoms with Crippen LogP contribution in [0.5, 0.6) is 0 Å². The summed E-state index contributed by atoms with van der Waals surface area (Å²) in [6.45, 7) is 13.1.